The first-order valence-corrected chi connectivity index (χ1v) is 6.43. The largest absolute Gasteiger partial charge is 0.371 e. The number of nitrogens with zero attached hydrogens (tertiary/aromatic N) is 2. The molecule has 1 aromatic rings. The van der Waals surface area contributed by atoms with Gasteiger partial charge in [0.15, 0.2) is 0 Å². The standard InChI is InChI=1S/C14H19N3/c1-11-13-5-3-2-4-12(13)6-9-17(11)10-14-15-7-8-16-14/h2-5,11H,6-10H2,1H3,(H,15,16). The van der Waals surface area contributed by atoms with Gasteiger partial charge in [-0.25, -0.2) is 0 Å². The lowest BCUT2D eigenvalue weighted by atomic mass is 9.94. The van der Waals surface area contributed by atoms with Crippen LogP contribution in [0.3, 0.4) is 0 Å². The lowest BCUT2D eigenvalue weighted by Gasteiger charge is -2.35. The van der Waals surface area contributed by atoms with E-state index in [0.717, 1.165) is 38.4 Å². The van der Waals surface area contributed by atoms with E-state index in [2.05, 4.69) is 46.4 Å². The van der Waals surface area contributed by atoms with E-state index in [-0.39, 0.29) is 0 Å². The molecule has 3 heteroatoms. The summed E-state index contributed by atoms with van der Waals surface area (Å²) < 4.78 is 0. The van der Waals surface area contributed by atoms with Gasteiger partial charge < -0.3 is 5.32 Å². The maximum Gasteiger partial charge on any atom is 0.111 e. The lowest BCUT2D eigenvalue weighted by molar-refractivity contribution is 0.227. The molecule has 3 nitrogen and oxygen atoms in total. The maximum absolute atomic E-state index is 4.48. The van der Waals surface area contributed by atoms with Crippen LogP contribution in [0, 0.1) is 0 Å². The minimum Gasteiger partial charge on any atom is -0.371 e. The Morgan fingerprint density at radius 2 is 2.29 bits per heavy atom. The van der Waals surface area contributed by atoms with E-state index in [1.165, 1.54) is 11.1 Å². The molecular weight excluding hydrogens is 210 g/mol. The molecule has 1 atom stereocenters. The Labute approximate surface area is 103 Å². The molecule has 0 saturated carbocycles. The Hall–Kier alpha value is -1.35. The van der Waals surface area contributed by atoms with Crippen LogP contribution in [0.1, 0.15) is 24.1 Å². The van der Waals surface area contributed by atoms with Crippen molar-refractivity contribution in [2.24, 2.45) is 4.99 Å². The van der Waals surface area contributed by atoms with Gasteiger partial charge in [0, 0.05) is 19.1 Å². The maximum atomic E-state index is 4.48. The van der Waals surface area contributed by atoms with E-state index in [1.54, 1.807) is 0 Å². The smallest absolute Gasteiger partial charge is 0.111 e. The number of nitrogens with one attached hydrogen (secondary N) is 1. The van der Waals surface area contributed by atoms with Crippen molar-refractivity contribution in [2.45, 2.75) is 19.4 Å². The molecular formula is C14H19N3. The molecule has 0 fully saturated rings. The Kier molecular flexibility index (Phi) is 2.85. The number of amidine groups is 1. The third-order valence-electron chi connectivity index (χ3n) is 3.82. The normalized spacial score (nSPS) is 24.1. The molecule has 1 N–H and O–H groups in total. The second kappa shape index (κ2) is 4.49. The van der Waals surface area contributed by atoms with Gasteiger partial charge in [0.05, 0.1) is 13.1 Å². The van der Waals surface area contributed by atoms with Crippen LogP contribution in [-0.4, -0.2) is 36.9 Å². The summed E-state index contributed by atoms with van der Waals surface area (Å²) in [6.45, 7) is 6.35. The first-order chi connectivity index (χ1) is 8.34. The van der Waals surface area contributed by atoms with E-state index in [1.807, 2.05) is 0 Å². The zero-order valence-corrected chi connectivity index (χ0v) is 10.3. The Morgan fingerprint density at radius 1 is 1.41 bits per heavy atom. The average molecular weight is 229 g/mol. The fourth-order valence-corrected chi connectivity index (χ4v) is 2.79. The number of hydrogen-bond donors (Lipinski definition) is 1. The van der Waals surface area contributed by atoms with Gasteiger partial charge in [-0.1, -0.05) is 24.3 Å². The minimum atomic E-state index is 0.505. The lowest BCUT2D eigenvalue weighted by Crippen LogP contribution is -2.40. The molecule has 0 aliphatic carbocycles. The molecule has 0 aromatic heterocycles. The van der Waals surface area contributed by atoms with Crippen LogP contribution in [0.4, 0.5) is 0 Å². The van der Waals surface area contributed by atoms with Gasteiger partial charge in [-0.05, 0) is 24.5 Å². The summed E-state index contributed by atoms with van der Waals surface area (Å²) in [5, 5.41) is 3.36. The molecule has 90 valence electrons. The van der Waals surface area contributed by atoms with Crippen molar-refractivity contribution in [3.05, 3.63) is 35.4 Å². The summed E-state index contributed by atoms with van der Waals surface area (Å²) in [5.74, 6) is 1.16. The number of rotatable bonds is 2. The van der Waals surface area contributed by atoms with Crippen molar-refractivity contribution in [2.75, 3.05) is 26.2 Å². The molecule has 0 amide bonds. The fourth-order valence-electron chi connectivity index (χ4n) is 2.79. The minimum absolute atomic E-state index is 0.505. The summed E-state index contributed by atoms with van der Waals surface area (Å²) in [6.07, 6.45) is 1.16. The highest BCUT2D eigenvalue weighted by atomic mass is 15.2. The molecule has 0 bridgehead atoms. The third-order valence-corrected chi connectivity index (χ3v) is 3.82. The summed E-state index contributed by atoms with van der Waals surface area (Å²) in [7, 11) is 0. The first-order valence-electron chi connectivity index (χ1n) is 6.43. The van der Waals surface area contributed by atoms with Crippen LogP contribution in [0.2, 0.25) is 0 Å². The molecule has 0 spiro atoms. The number of benzene rings is 1. The van der Waals surface area contributed by atoms with Crippen molar-refractivity contribution >= 4 is 5.84 Å². The van der Waals surface area contributed by atoms with Gasteiger partial charge in [-0.3, -0.25) is 9.89 Å². The van der Waals surface area contributed by atoms with E-state index in [9.17, 15) is 0 Å². The van der Waals surface area contributed by atoms with E-state index < -0.39 is 0 Å². The van der Waals surface area contributed by atoms with Crippen molar-refractivity contribution in [3.8, 4) is 0 Å². The average Bonchev–Trinajstić information content (AvgIpc) is 2.86. The Bertz CT molecular complexity index is 439. The summed E-state index contributed by atoms with van der Waals surface area (Å²) >= 11 is 0. The highest BCUT2D eigenvalue weighted by molar-refractivity contribution is 5.85. The Morgan fingerprint density at radius 3 is 3.12 bits per heavy atom. The van der Waals surface area contributed by atoms with Gasteiger partial charge in [0.2, 0.25) is 0 Å². The molecule has 2 heterocycles. The van der Waals surface area contributed by atoms with Crippen LogP contribution in [0.25, 0.3) is 0 Å². The van der Waals surface area contributed by atoms with E-state index >= 15 is 0 Å². The predicted molar refractivity (Wildman–Crippen MR) is 70.4 cm³/mol. The summed E-state index contributed by atoms with van der Waals surface area (Å²) in [6, 6.07) is 9.31. The second-order valence-corrected chi connectivity index (χ2v) is 4.85. The molecule has 2 aliphatic rings. The quantitative estimate of drug-likeness (QED) is 0.834. The predicted octanol–water partition coefficient (Wildman–Crippen LogP) is 1.61. The highest BCUT2D eigenvalue weighted by Crippen LogP contribution is 2.28. The Balaban J connectivity index is 1.77. The van der Waals surface area contributed by atoms with Crippen LogP contribution in [0.15, 0.2) is 29.3 Å². The molecule has 1 unspecified atom stereocenters. The van der Waals surface area contributed by atoms with Crippen molar-refractivity contribution in [3.63, 3.8) is 0 Å². The van der Waals surface area contributed by atoms with E-state index in [0.29, 0.717) is 6.04 Å². The summed E-state index contributed by atoms with van der Waals surface area (Å²) in [5.41, 5.74) is 3.00. The molecule has 2 aliphatic heterocycles. The van der Waals surface area contributed by atoms with Crippen molar-refractivity contribution < 1.29 is 0 Å². The molecule has 0 saturated heterocycles. The van der Waals surface area contributed by atoms with Gasteiger partial charge in [0.25, 0.3) is 0 Å². The van der Waals surface area contributed by atoms with Crippen LogP contribution in [0.5, 0.6) is 0 Å². The zero-order chi connectivity index (χ0) is 11.7. The van der Waals surface area contributed by atoms with Gasteiger partial charge in [0.1, 0.15) is 5.84 Å². The summed E-state index contributed by atoms with van der Waals surface area (Å²) in [4.78, 5) is 7.00. The second-order valence-electron chi connectivity index (χ2n) is 4.85. The van der Waals surface area contributed by atoms with Crippen molar-refractivity contribution in [1.82, 2.24) is 10.2 Å². The fraction of sp³-hybridized carbons (Fsp3) is 0.500. The molecule has 3 rings (SSSR count). The van der Waals surface area contributed by atoms with E-state index in [4.69, 9.17) is 0 Å². The monoisotopic (exact) mass is 229 g/mol. The number of aliphatic imine (C=N–C) groups is 1. The number of fused-ring (bicyclic) bond motifs is 1. The highest BCUT2D eigenvalue weighted by Gasteiger charge is 2.24. The SMILES string of the molecule is CC1c2ccccc2CCN1CC1=NCCN1. The molecule has 17 heavy (non-hydrogen) atoms. The topological polar surface area (TPSA) is 27.6 Å². The number of hydrogen-bond acceptors (Lipinski definition) is 3. The van der Waals surface area contributed by atoms with Gasteiger partial charge in [-0.15, -0.1) is 0 Å². The first kappa shape index (κ1) is 10.8. The third kappa shape index (κ3) is 2.07. The molecule has 0 radical (unpaired) electrons. The van der Waals surface area contributed by atoms with Gasteiger partial charge >= 0.3 is 0 Å². The van der Waals surface area contributed by atoms with Crippen molar-refractivity contribution in [1.29, 1.82) is 0 Å². The van der Waals surface area contributed by atoms with Gasteiger partial charge in [-0.2, -0.15) is 0 Å². The zero-order valence-electron chi connectivity index (χ0n) is 10.3. The van der Waals surface area contributed by atoms with Crippen LogP contribution < -0.4 is 5.32 Å². The van der Waals surface area contributed by atoms with Crippen LogP contribution >= 0.6 is 0 Å². The molecule has 1 aromatic carbocycles. The van der Waals surface area contributed by atoms with Crippen LogP contribution in [-0.2, 0) is 6.42 Å².